The van der Waals surface area contributed by atoms with Crippen molar-refractivity contribution in [2.45, 2.75) is 52.5 Å². The largest absolute Gasteiger partial charge is 0.312 e. The van der Waals surface area contributed by atoms with Gasteiger partial charge in [-0.2, -0.15) is 0 Å². The third-order valence-corrected chi connectivity index (χ3v) is 4.34. The predicted molar refractivity (Wildman–Crippen MR) is 74.2 cm³/mol. The maximum atomic E-state index is 3.44. The molecule has 0 amide bonds. The summed E-state index contributed by atoms with van der Waals surface area (Å²) < 4.78 is 0. The van der Waals surface area contributed by atoms with Crippen LogP contribution >= 0.6 is 11.3 Å². The molecule has 1 nitrogen and oxygen atoms in total. The fourth-order valence-corrected chi connectivity index (χ4v) is 3.03. The van der Waals surface area contributed by atoms with Crippen molar-refractivity contribution in [3.63, 3.8) is 0 Å². The minimum atomic E-state index is 0.559. The molecule has 1 atom stereocenters. The first-order valence-electron chi connectivity index (χ1n) is 6.43. The van der Waals surface area contributed by atoms with E-state index < -0.39 is 0 Å². The topological polar surface area (TPSA) is 12.0 Å². The van der Waals surface area contributed by atoms with Crippen molar-refractivity contribution in [1.82, 2.24) is 5.32 Å². The fourth-order valence-electron chi connectivity index (χ4n) is 1.93. The lowest BCUT2D eigenvalue weighted by Crippen LogP contribution is -2.15. The lowest BCUT2D eigenvalue weighted by molar-refractivity contribution is 0.474. The Morgan fingerprint density at radius 3 is 2.50 bits per heavy atom. The van der Waals surface area contributed by atoms with Crippen molar-refractivity contribution in [1.29, 1.82) is 0 Å². The quantitative estimate of drug-likeness (QED) is 0.744. The maximum absolute atomic E-state index is 3.44. The van der Waals surface area contributed by atoms with Crippen LogP contribution in [-0.4, -0.2) is 7.05 Å². The summed E-state index contributed by atoms with van der Waals surface area (Å²) in [4.78, 5) is 3.00. The van der Waals surface area contributed by atoms with Gasteiger partial charge in [0.15, 0.2) is 0 Å². The third kappa shape index (κ3) is 4.26. The highest BCUT2D eigenvalue weighted by atomic mass is 32.1. The van der Waals surface area contributed by atoms with Gasteiger partial charge in [-0.15, -0.1) is 11.3 Å². The molecule has 0 saturated heterocycles. The van der Waals surface area contributed by atoms with Crippen LogP contribution in [0.4, 0.5) is 0 Å². The van der Waals surface area contributed by atoms with Gasteiger partial charge in [0.25, 0.3) is 0 Å². The smallest absolute Gasteiger partial charge is 0.0412 e. The molecule has 0 radical (unpaired) electrons. The van der Waals surface area contributed by atoms with Gasteiger partial charge < -0.3 is 5.32 Å². The van der Waals surface area contributed by atoms with Crippen LogP contribution < -0.4 is 5.32 Å². The predicted octanol–water partition coefficient (Wildman–Crippen LogP) is 4.40. The summed E-state index contributed by atoms with van der Waals surface area (Å²) in [5.74, 6) is 0.826. The molecule has 0 bridgehead atoms. The molecule has 1 N–H and O–H groups in total. The van der Waals surface area contributed by atoms with Crippen LogP contribution in [0.25, 0.3) is 0 Å². The highest BCUT2D eigenvalue weighted by Crippen LogP contribution is 2.27. The Labute approximate surface area is 104 Å². The molecule has 0 aliphatic carbocycles. The van der Waals surface area contributed by atoms with Gasteiger partial charge in [-0.05, 0) is 37.9 Å². The van der Waals surface area contributed by atoms with E-state index in [-0.39, 0.29) is 0 Å². The molecule has 2 heteroatoms. The second-order valence-corrected chi connectivity index (χ2v) is 6.02. The molecular formula is C14H25NS. The Kier molecular flexibility index (Phi) is 6.07. The minimum absolute atomic E-state index is 0.559. The van der Waals surface area contributed by atoms with Crippen molar-refractivity contribution in [3.05, 3.63) is 21.9 Å². The van der Waals surface area contributed by atoms with Crippen molar-refractivity contribution < 1.29 is 0 Å². The summed E-state index contributed by atoms with van der Waals surface area (Å²) in [5, 5.41) is 3.44. The van der Waals surface area contributed by atoms with Crippen molar-refractivity contribution >= 4 is 11.3 Å². The van der Waals surface area contributed by atoms with Gasteiger partial charge in [-0.1, -0.05) is 33.6 Å². The van der Waals surface area contributed by atoms with E-state index in [1.54, 1.807) is 0 Å². The Morgan fingerprint density at radius 2 is 2.00 bits per heavy atom. The SMILES string of the molecule is CCc1ccc(C(CCCC(C)C)NC)s1. The van der Waals surface area contributed by atoms with Crippen LogP contribution in [0.1, 0.15) is 55.8 Å². The van der Waals surface area contributed by atoms with Crippen molar-refractivity contribution in [2.24, 2.45) is 5.92 Å². The number of hydrogen-bond acceptors (Lipinski definition) is 2. The van der Waals surface area contributed by atoms with E-state index in [1.165, 1.54) is 29.0 Å². The molecule has 1 unspecified atom stereocenters. The van der Waals surface area contributed by atoms with Gasteiger partial charge in [0, 0.05) is 15.8 Å². The van der Waals surface area contributed by atoms with Crippen LogP contribution in [0.15, 0.2) is 12.1 Å². The Bertz CT molecular complexity index is 291. The molecule has 16 heavy (non-hydrogen) atoms. The molecule has 1 heterocycles. The molecule has 0 aliphatic rings. The zero-order valence-electron chi connectivity index (χ0n) is 11.0. The highest BCUT2D eigenvalue weighted by molar-refractivity contribution is 7.12. The normalized spacial score (nSPS) is 13.3. The first-order valence-corrected chi connectivity index (χ1v) is 7.24. The van der Waals surface area contributed by atoms with E-state index in [0.717, 1.165) is 12.3 Å². The summed E-state index contributed by atoms with van der Waals surface area (Å²) in [6.07, 6.45) is 5.08. The average molecular weight is 239 g/mol. The molecule has 0 aromatic carbocycles. The Morgan fingerprint density at radius 1 is 1.25 bits per heavy atom. The summed E-state index contributed by atoms with van der Waals surface area (Å²) >= 11 is 1.96. The number of thiophene rings is 1. The van der Waals surface area contributed by atoms with Crippen LogP contribution in [0.2, 0.25) is 0 Å². The molecule has 1 aromatic heterocycles. The minimum Gasteiger partial charge on any atom is -0.312 e. The van der Waals surface area contributed by atoms with E-state index in [2.05, 4.69) is 45.3 Å². The lowest BCUT2D eigenvalue weighted by atomic mass is 10.0. The second-order valence-electron chi connectivity index (χ2n) is 4.82. The average Bonchev–Trinajstić information content (AvgIpc) is 2.72. The molecule has 1 aromatic rings. The molecule has 0 fully saturated rings. The number of hydrogen-bond donors (Lipinski definition) is 1. The molecule has 1 rings (SSSR count). The fraction of sp³-hybridized carbons (Fsp3) is 0.714. The summed E-state index contributed by atoms with van der Waals surface area (Å²) in [6.45, 7) is 6.83. The molecule has 0 saturated carbocycles. The second kappa shape index (κ2) is 7.08. The van der Waals surface area contributed by atoms with Crippen LogP contribution in [0.3, 0.4) is 0 Å². The van der Waals surface area contributed by atoms with Crippen molar-refractivity contribution in [2.75, 3.05) is 7.05 Å². The maximum Gasteiger partial charge on any atom is 0.0412 e. The van der Waals surface area contributed by atoms with E-state index >= 15 is 0 Å². The van der Waals surface area contributed by atoms with E-state index in [4.69, 9.17) is 0 Å². The molecule has 0 spiro atoms. The standard InChI is InChI=1S/C14H25NS/c1-5-12-9-10-14(16-12)13(15-4)8-6-7-11(2)3/h9-11,13,15H,5-8H2,1-4H3. The van der Waals surface area contributed by atoms with Gasteiger partial charge >= 0.3 is 0 Å². The summed E-state index contributed by atoms with van der Waals surface area (Å²) in [7, 11) is 2.07. The Balaban J connectivity index is 2.46. The monoisotopic (exact) mass is 239 g/mol. The van der Waals surface area contributed by atoms with Crippen molar-refractivity contribution in [3.8, 4) is 0 Å². The zero-order chi connectivity index (χ0) is 12.0. The van der Waals surface area contributed by atoms with Crippen LogP contribution in [0, 0.1) is 5.92 Å². The Hall–Kier alpha value is -0.340. The molecular weight excluding hydrogens is 214 g/mol. The van der Waals surface area contributed by atoms with Gasteiger partial charge in [0.2, 0.25) is 0 Å². The number of aryl methyl sites for hydroxylation is 1. The summed E-state index contributed by atoms with van der Waals surface area (Å²) in [5.41, 5.74) is 0. The van der Waals surface area contributed by atoms with E-state index in [1.807, 2.05) is 11.3 Å². The first kappa shape index (κ1) is 13.7. The third-order valence-electron chi connectivity index (χ3n) is 3.00. The highest BCUT2D eigenvalue weighted by Gasteiger charge is 2.11. The lowest BCUT2D eigenvalue weighted by Gasteiger charge is -2.15. The van der Waals surface area contributed by atoms with Gasteiger partial charge in [-0.3, -0.25) is 0 Å². The van der Waals surface area contributed by atoms with Gasteiger partial charge in [0.05, 0.1) is 0 Å². The molecule has 0 aliphatic heterocycles. The van der Waals surface area contributed by atoms with Gasteiger partial charge in [0.1, 0.15) is 0 Å². The molecule has 92 valence electrons. The van der Waals surface area contributed by atoms with Gasteiger partial charge in [-0.25, -0.2) is 0 Å². The number of nitrogens with one attached hydrogen (secondary N) is 1. The van der Waals surface area contributed by atoms with Crippen LogP contribution in [-0.2, 0) is 6.42 Å². The zero-order valence-corrected chi connectivity index (χ0v) is 11.9. The van der Waals surface area contributed by atoms with Crippen LogP contribution in [0.5, 0.6) is 0 Å². The first-order chi connectivity index (χ1) is 7.67. The summed E-state index contributed by atoms with van der Waals surface area (Å²) in [6, 6.07) is 5.12. The number of rotatable bonds is 7. The van der Waals surface area contributed by atoms with E-state index in [0.29, 0.717) is 6.04 Å². The van der Waals surface area contributed by atoms with E-state index in [9.17, 15) is 0 Å².